The van der Waals surface area contributed by atoms with Crippen molar-refractivity contribution in [1.82, 2.24) is 0 Å². The molecule has 0 aliphatic carbocycles. The Morgan fingerprint density at radius 3 is 2.31 bits per heavy atom. The van der Waals surface area contributed by atoms with E-state index in [0.717, 1.165) is 30.8 Å². The molecule has 0 unspecified atom stereocenters. The number of benzene rings is 2. The number of ether oxygens (including phenoxy) is 4. The van der Waals surface area contributed by atoms with Gasteiger partial charge in [0.05, 0.1) is 23.3 Å². The first-order chi connectivity index (χ1) is 15.1. The Balaban J connectivity index is 1.45. The van der Waals surface area contributed by atoms with E-state index in [-0.39, 0.29) is 16.7 Å². The molecule has 0 saturated heterocycles. The van der Waals surface area contributed by atoms with Crippen molar-refractivity contribution in [3.8, 4) is 23.0 Å². The van der Waals surface area contributed by atoms with Crippen LogP contribution in [-0.2, 0) is 6.42 Å². The van der Waals surface area contributed by atoms with E-state index in [2.05, 4.69) is 26.8 Å². The Morgan fingerprint density at radius 1 is 1.00 bits per heavy atom. The summed E-state index contributed by atoms with van der Waals surface area (Å²) < 4.78 is 23.5. The second kappa shape index (κ2) is 11.1. The van der Waals surface area contributed by atoms with E-state index in [9.17, 15) is 0 Å². The van der Waals surface area contributed by atoms with Crippen molar-refractivity contribution >= 4 is 46.4 Å². The third-order valence-electron chi connectivity index (χ3n) is 4.77. The Morgan fingerprint density at radius 2 is 1.66 bits per heavy atom. The summed E-state index contributed by atoms with van der Waals surface area (Å²) in [4.78, 5) is 0. The quantitative estimate of drug-likeness (QED) is 0.298. The van der Waals surface area contributed by atoms with Gasteiger partial charge in [-0.25, -0.2) is 0 Å². The van der Waals surface area contributed by atoms with Crippen molar-refractivity contribution in [3.05, 3.63) is 56.0 Å². The third-order valence-corrected chi connectivity index (χ3v) is 5.64. The Kier molecular flexibility index (Phi) is 8.74. The highest BCUT2D eigenvalue weighted by atomic mass is 35.5. The zero-order valence-corrected chi connectivity index (χ0v) is 21.3. The van der Waals surface area contributed by atoms with Crippen LogP contribution in [0.15, 0.2) is 34.8 Å². The van der Waals surface area contributed by atoms with Crippen LogP contribution in [0.5, 0.6) is 23.0 Å². The largest absolute Gasteiger partial charge is 0.490 e. The van der Waals surface area contributed by atoms with Crippen LogP contribution in [0.1, 0.15) is 37.8 Å². The molecule has 2 aromatic carbocycles. The van der Waals surface area contributed by atoms with Crippen molar-refractivity contribution in [3.63, 3.8) is 0 Å². The summed E-state index contributed by atoms with van der Waals surface area (Å²) in [6, 6.07) is 7.47. The van der Waals surface area contributed by atoms with Crippen LogP contribution in [-0.4, -0.2) is 25.4 Å². The Bertz CT molecular complexity index is 961. The highest BCUT2D eigenvalue weighted by Crippen LogP contribution is 2.43. The van der Waals surface area contributed by atoms with Crippen LogP contribution < -0.4 is 18.9 Å². The number of hydrogen-bond donors (Lipinski definition) is 0. The summed E-state index contributed by atoms with van der Waals surface area (Å²) in [5.74, 6) is 2.60. The molecule has 0 amide bonds. The van der Waals surface area contributed by atoms with E-state index < -0.39 is 0 Å². The van der Waals surface area contributed by atoms with Crippen LogP contribution in [0.25, 0.3) is 0 Å². The molecule has 0 aromatic heterocycles. The maximum Gasteiger partial charge on any atom is 0.165 e. The molecule has 0 spiro atoms. The average Bonchev–Trinajstić information content (AvgIpc) is 2.99. The molecule has 32 heavy (non-hydrogen) atoms. The predicted molar refractivity (Wildman–Crippen MR) is 132 cm³/mol. The number of unbranched alkanes of at least 4 members (excludes halogenated alkanes) is 1. The van der Waals surface area contributed by atoms with Gasteiger partial charge in [0.15, 0.2) is 17.2 Å². The standard InChI is InChI=1S/C24H26Cl4O4/c1-15-10-16-14-24(2,3)32-22(16)20(11-15)30-7-4-5-8-31-23-18(25)12-17(13-19(23)26)29-9-6-21(27)28/h6,10-13H,4-5,7-9,14H2,1-3H3. The molecular formula is C24H26Cl4O4. The summed E-state index contributed by atoms with van der Waals surface area (Å²) in [5, 5.41) is 0.750. The minimum absolute atomic E-state index is 0.134. The lowest BCUT2D eigenvalue weighted by Crippen LogP contribution is -2.24. The normalized spacial score (nSPS) is 13.8. The molecule has 0 N–H and O–H groups in total. The number of fused-ring (bicyclic) bond motifs is 1. The minimum Gasteiger partial charge on any atom is -0.490 e. The molecule has 1 aliphatic rings. The fourth-order valence-corrected chi connectivity index (χ4v) is 4.16. The molecule has 0 bridgehead atoms. The average molecular weight is 520 g/mol. The van der Waals surface area contributed by atoms with E-state index >= 15 is 0 Å². The van der Waals surface area contributed by atoms with Gasteiger partial charge in [0.2, 0.25) is 0 Å². The summed E-state index contributed by atoms with van der Waals surface area (Å²) >= 11 is 23.7. The fraction of sp³-hybridized carbons (Fsp3) is 0.417. The summed E-state index contributed by atoms with van der Waals surface area (Å²) in [6.45, 7) is 7.48. The smallest absolute Gasteiger partial charge is 0.165 e. The van der Waals surface area contributed by atoms with Crippen molar-refractivity contribution in [2.24, 2.45) is 0 Å². The lowest BCUT2D eigenvalue weighted by Gasteiger charge is -2.18. The SMILES string of the molecule is Cc1cc2c(c(OCCCCOc3c(Cl)cc(OCC=C(Cl)Cl)cc3Cl)c1)OC(C)(C)C2. The molecule has 0 saturated carbocycles. The van der Waals surface area contributed by atoms with Gasteiger partial charge in [-0.1, -0.05) is 52.5 Å². The van der Waals surface area contributed by atoms with E-state index in [1.54, 1.807) is 12.1 Å². The van der Waals surface area contributed by atoms with Crippen molar-refractivity contribution in [2.75, 3.05) is 19.8 Å². The van der Waals surface area contributed by atoms with Crippen LogP contribution in [0.2, 0.25) is 10.0 Å². The van der Waals surface area contributed by atoms with Crippen molar-refractivity contribution in [1.29, 1.82) is 0 Å². The maximum atomic E-state index is 6.29. The third kappa shape index (κ3) is 7.02. The molecule has 0 atom stereocenters. The number of rotatable bonds is 10. The molecule has 0 radical (unpaired) electrons. The first kappa shape index (κ1) is 25.2. The topological polar surface area (TPSA) is 36.9 Å². The predicted octanol–water partition coefficient (Wildman–Crippen LogP) is 7.95. The lowest BCUT2D eigenvalue weighted by atomic mass is 10.0. The Hall–Kier alpha value is -1.46. The van der Waals surface area contributed by atoms with Crippen LogP contribution in [0.4, 0.5) is 0 Å². The second-order valence-corrected chi connectivity index (χ2v) is 10.0. The molecule has 0 fully saturated rings. The first-order valence-corrected chi connectivity index (χ1v) is 11.9. The van der Waals surface area contributed by atoms with Gasteiger partial charge in [0, 0.05) is 24.1 Å². The highest BCUT2D eigenvalue weighted by molar-refractivity contribution is 6.55. The van der Waals surface area contributed by atoms with Crippen molar-refractivity contribution in [2.45, 2.75) is 45.6 Å². The summed E-state index contributed by atoms with van der Waals surface area (Å²) in [7, 11) is 0. The monoisotopic (exact) mass is 518 g/mol. The molecule has 8 heteroatoms. The first-order valence-electron chi connectivity index (χ1n) is 10.4. The molecule has 174 valence electrons. The highest BCUT2D eigenvalue weighted by Gasteiger charge is 2.32. The van der Waals surface area contributed by atoms with Gasteiger partial charge in [0.25, 0.3) is 0 Å². The zero-order valence-electron chi connectivity index (χ0n) is 18.3. The molecule has 2 aromatic rings. The zero-order chi connectivity index (χ0) is 23.3. The van der Waals surface area contributed by atoms with E-state index in [1.807, 2.05) is 6.07 Å². The van der Waals surface area contributed by atoms with E-state index in [0.29, 0.717) is 34.8 Å². The fourth-order valence-electron chi connectivity index (χ4n) is 3.46. The van der Waals surface area contributed by atoms with Gasteiger partial charge in [-0.2, -0.15) is 0 Å². The van der Waals surface area contributed by atoms with Gasteiger partial charge in [-0.05, 0) is 51.3 Å². The summed E-state index contributed by atoms with van der Waals surface area (Å²) in [5.41, 5.74) is 2.17. The van der Waals surface area contributed by atoms with Gasteiger partial charge >= 0.3 is 0 Å². The van der Waals surface area contributed by atoms with Gasteiger partial charge in [-0.15, -0.1) is 0 Å². The van der Waals surface area contributed by atoms with Gasteiger partial charge < -0.3 is 18.9 Å². The minimum atomic E-state index is -0.199. The van der Waals surface area contributed by atoms with Gasteiger partial charge in [0.1, 0.15) is 22.4 Å². The number of halogens is 4. The van der Waals surface area contributed by atoms with Crippen molar-refractivity contribution < 1.29 is 18.9 Å². The van der Waals surface area contributed by atoms with E-state index in [4.69, 9.17) is 65.4 Å². The Labute approximate surface area is 209 Å². The lowest BCUT2D eigenvalue weighted by molar-refractivity contribution is 0.132. The van der Waals surface area contributed by atoms with E-state index in [1.165, 1.54) is 17.2 Å². The van der Waals surface area contributed by atoms with Crippen LogP contribution >= 0.6 is 46.4 Å². The molecule has 4 nitrogen and oxygen atoms in total. The molecule has 1 heterocycles. The second-order valence-electron chi connectivity index (χ2n) is 8.21. The van der Waals surface area contributed by atoms with Gasteiger partial charge in [-0.3, -0.25) is 0 Å². The van der Waals surface area contributed by atoms with Crippen LogP contribution in [0, 0.1) is 6.92 Å². The molecule has 1 aliphatic heterocycles. The summed E-state index contributed by atoms with van der Waals surface area (Å²) in [6.07, 6.45) is 4.00. The maximum absolute atomic E-state index is 6.29. The number of aryl methyl sites for hydroxylation is 1. The molecule has 3 rings (SSSR count). The van der Waals surface area contributed by atoms with Crippen LogP contribution in [0.3, 0.4) is 0 Å². The molecular weight excluding hydrogens is 494 g/mol. The number of hydrogen-bond acceptors (Lipinski definition) is 4.